The van der Waals surface area contributed by atoms with E-state index in [4.69, 9.17) is 5.73 Å². The molecule has 0 atom stereocenters. The molecule has 0 radical (unpaired) electrons. The van der Waals surface area contributed by atoms with Gasteiger partial charge in [0.1, 0.15) is 0 Å². The van der Waals surface area contributed by atoms with Gasteiger partial charge >= 0.3 is 0 Å². The van der Waals surface area contributed by atoms with Crippen LogP contribution in [0.3, 0.4) is 0 Å². The van der Waals surface area contributed by atoms with Gasteiger partial charge in [0.15, 0.2) is 11.6 Å². The van der Waals surface area contributed by atoms with E-state index in [9.17, 15) is 9.59 Å². The highest BCUT2D eigenvalue weighted by Crippen LogP contribution is 2.26. The van der Waals surface area contributed by atoms with E-state index in [0.29, 0.717) is 28.2 Å². The number of Topliss-reactive ketones (excluding diaryl/α,β-unsaturated/α-hetero) is 2. The molecule has 2 aromatic rings. The molecule has 0 aliphatic heterocycles. The van der Waals surface area contributed by atoms with Gasteiger partial charge < -0.3 is 5.73 Å². The summed E-state index contributed by atoms with van der Waals surface area (Å²) in [5, 5.41) is 8.16. The maximum absolute atomic E-state index is 11.6. The van der Waals surface area contributed by atoms with Crippen molar-refractivity contribution in [2.45, 2.75) is 13.8 Å². The minimum Gasteiger partial charge on any atom is -0.399 e. The topological polar surface area (TPSA) is 84.9 Å². The first kappa shape index (κ1) is 14.6. The van der Waals surface area contributed by atoms with Crippen molar-refractivity contribution < 1.29 is 9.59 Å². The van der Waals surface area contributed by atoms with E-state index in [1.54, 1.807) is 42.5 Å². The zero-order valence-corrected chi connectivity index (χ0v) is 11.8. The normalized spacial score (nSPS) is 10.8. The predicted molar refractivity (Wildman–Crippen MR) is 81.5 cm³/mol. The molecule has 0 saturated heterocycles. The number of ketones is 2. The molecule has 0 aliphatic rings. The number of hydrogen-bond acceptors (Lipinski definition) is 5. The number of nitrogen functional groups attached to an aromatic ring is 1. The van der Waals surface area contributed by atoms with E-state index in [1.165, 1.54) is 13.8 Å². The number of anilines is 1. The Morgan fingerprint density at radius 2 is 1.43 bits per heavy atom. The summed E-state index contributed by atoms with van der Waals surface area (Å²) in [6.07, 6.45) is 0. The van der Waals surface area contributed by atoms with E-state index in [1.807, 2.05) is 0 Å². The average molecular weight is 281 g/mol. The van der Waals surface area contributed by atoms with Crippen LogP contribution in [0.15, 0.2) is 52.7 Å². The van der Waals surface area contributed by atoms with Crippen LogP contribution in [0.2, 0.25) is 0 Å². The number of azo groups is 1. The van der Waals surface area contributed by atoms with Gasteiger partial charge in [0, 0.05) is 16.8 Å². The minimum absolute atomic E-state index is 0.0892. The molecule has 2 N–H and O–H groups in total. The van der Waals surface area contributed by atoms with Crippen molar-refractivity contribution in [3.63, 3.8) is 0 Å². The van der Waals surface area contributed by atoms with E-state index < -0.39 is 0 Å². The predicted octanol–water partition coefficient (Wildman–Crippen LogP) is 4.09. The second-order valence-electron chi connectivity index (χ2n) is 4.61. The summed E-state index contributed by atoms with van der Waals surface area (Å²) in [6, 6.07) is 11.8. The first-order chi connectivity index (χ1) is 9.99. The SMILES string of the molecule is CC(=O)c1ccccc1N=Nc1ccc(N)cc1C(C)=O. The van der Waals surface area contributed by atoms with Crippen LogP contribution in [0.25, 0.3) is 0 Å². The molecule has 2 aromatic carbocycles. The summed E-state index contributed by atoms with van der Waals surface area (Å²) in [5.41, 5.74) is 7.94. The molecule has 0 spiro atoms. The lowest BCUT2D eigenvalue weighted by Gasteiger charge is -2.03. The van der Waals surface area contributed by atoms with Gasteiger partial charge in [-0.1, -0.05) is 12.1 Å². The van der Waals surface area contributed by atoms with Crippen LogP contribution < -0.4 is 5.73 Å². The van der Waals surface area contributed by atoms with Gasteiger partial charge in [-0.3, -0.25) is 9.59 Å². The molecule has 0 saturated carbocycles. The summed E-state index contributed by atoms with van der Waals surface area (Å²) in [4.78, 5) is 23.1. The van der Waals surface area contributed by atoms with Gasteiger partial charge in [-0.25, -0.2) is 0 Å². The molecule has 0 unspecified atom stereocenters. The number of nitrogens with two attached hydrogens (primary N) is 1. The molecular formula is C16H15N3O2. The van der Waals surface area contributed by atoms with Crippen molar-refractivity contribution in [2.75, 3.05) is 5.73 Å². The Bertz CT molecular complexity index is 736. The highest BCUT2D eigenvalue weighted by Gasteiger charge is 2.09. The largest absolute Gasteiger partial charge is 0.399 e. The molecule has 0 amide bonds. The van der Waals surface area contributed by atoms with Crippen LogP contribution in [-0.4, -0.2) is 11.6 Å². The number of rotatable bonds is 4. The van der Waals surface area contributed by atoms with Gasteiger partial charge in [-0.05, 0) is 44.2 Å². The third-order valence-electron chi connectivity index (χ3n) is 2.95. The van der Waals surface area contributed by atoms with Gasteiger partial charge in [0.25, 0.3) is 0 Å². The zero-order chi connectivity index (χ0) is 15.4. The fourth-order valence-corrected chi connectivity index (χ4v) is 1.89. The number of nitrogens with zero attached hydrogens (tertiary/aromatic N) is 2. The summed E-state index contributed by atoms with van der Waals surface area (Å²) >= 11 is 0. The molecule has 5 nitrogen and oxygen atoms in total. The lowest BCUT2D eigenvalue weighted by Crippen LogP contribution is -1.95. The molecular weight excluding hydrogens is 266 g/mol. The molecule has 106 valence electrons. The van der Waals surface area contributed by atoms with Crippen LogP contribution in [-0.2, 0) is 0 Å². The fraction of sp³-hybridized carbons (Fsp3) is 0.125. The van der Waals surface area contributed by atoms with Gasteiger partial charge in [0.2, 0.25) is 0 Å². The minimum atomic E-state index is -0.142. The molecule has 5 heteroatoms. The summed E-state index contributed by atoms with van der Waals surface area (Å²) < 4.78 is 0. The van der Waals surface area contributed by atoms with Crippen molar-refractivity contribution in [1.29, 1.82) is 0 Å². The Morgan fingerprint density at radius 1 is 0.857 bits per heavy atom. The highest BCUT2D eigenvalue weighted by molar-refractivity contribution is 6.00. The lowest BCUT2D eigenvalue weighted by atomic mass is 10.1. The van der Waals surface area contributed by atoms with E-state index in [0.717, 1.165) is 0 Å². The number of hydrogen-bond donors (Lipinski definition) is 1. The average Bonchev–Trinajstić information content (AvgIpc) is 2.46. The van der Waals surface area contributed by atoms with Crippen molar-refractivity contribution in [1.82, 2.24) is 0 Å². The maximum Gasteiger partial charge on any atom is 0.162 e. The van der Waals surface area contributed by atoms with E-state index in [2.05, 4.69) is 10.2 Å². The number of benzene rings is 2. The Hall–Kier alpha value is -2.82. The van der Waals surface area contributed by atoms with Gasteiger partial charge in [0.05, 0.1) is 11.4 Å². The smallest absolute Gasteiger partial charge is 0.162 e. The quantitative estimate of drug-likeness (QED) is 0.520. The third kappa shape index (κ3) is 3.39. The van der Waals surface area contributed by atoms with Gasteiger partial charge in [-0.2, -0.15) is 0 Å². The second kappa shape index (κ2) is 6.09. The summed E-state index contributed by atoms with van der Waals surface area (Å²) in [5.74, 6) is -0.232. The fourth-order valence-electron chi connectivity index (χ4n) is 1.89. The zero-order valence-electron chi connectivity index (χ0n) is 11.8. The molecule has 0 aromatic heterocycles. The molecule has 2 rings (SSSR count). The standard InChI is InChI=1S/C16H15N3O2/c1-10(20)13-5-3-4-6-15(13)18-19-16-8-7-12(17)9-14(16)11(2)21/h3-9H,17H2,1-2H3. The Balaban J connectivity index is 2.43. The first-order valence-corrected chi connectivity index (χ1v) is 6.41. The van der Waals surface area contributed by atoms with Crippen LogP contribution in [0, 0.1) is 0 Å². The highest BCUT2D eigenvalue weighted by atomic mass is 16.1. The third-order valence-corrected chi connectivity index (χ3v) is 2.95. The van der Waals surface area contributed by atoms with Crippen LogP contribution >= 0.6 is 0 Å². The number of carbonyl (C=O) groups is 2. The van der Waals surface area contributed by atoms with Crippen LogP contribution in [0.5, 0.6) is 0 Å². The van der Waals surface area contributed by atoms with Crippen LogP contribution in [0.1, 0.15) is 34.6 Å². The molecule has 0 bridgehead atoms. The maximum atomic E-state index is 11.6. The summed E-state index contributed by atoms with van der Waals surface area (Å²) in [7, 11) is 0. The second-order valence-corrected chi connectivity index (χ2v) is 4.61. The van der Waals surface area contributed by atoms with Crippen LogP contribution in [0.4, 0.5) is 17.1 Å². The Kier molecular flexibility index (Phi) is 4.23. The molecule has 0 heterocycles. The number of carbonyl (C=O) groups excluding carboxylic acids is 2. The monoisotopic (exact) mass is 281 g/mol. The lowest BCUT2D eigenvalue weighted by molar-refractivity contribution is 0.100. The first-order valence-electron chi connectivity index (χ1n) is 6.41. The van der Waals surface area contributed by atoms with E-state index >= 15 is 0 Å². The van der Waals surface area contributed by atoms with Crippen molar-refractivity contribution in [3.8, 4) is 0 Å². The van der Waals surface area contributed by atoms with Crippen molar-refractivity contribution in [3.05, 3.63) is 53.6 Å². The molecule has 21 heavy (non-hydrogen) atoms. The van der Waals surface area contributed by atoms with Crippen molar-refractivity contribution >= 4 is 28.6 Å². The van der Waals surface area contributed by atoms with Gasteiger partial charge in [-0.15, -0.1) is 10.2 Å². The molecule has 0 aliphatic carbocycles. The van der Waals surface area contributed by atoms with Crippen molar-refractivity contribution in [2.24, 2.45) is 10.2 Å². The Morgan fingerprint density at radius 3 is 2.05 bits per heavy atom. The molecule has 0 fully saturated rings. The van der Waals surface area contributed by atoms with E-state index in [-0.39, 0.29) is 11.6 Å². The Labute approximate surface area is 122 Å². The summed E-state index contributed by atoms with van der Waals surface area (Å²) in [6.45, 7) is 2.91.